The molecule has 1 saturated heterocycles. The minimum Gasteiger partial charge on any atom is -0.308 e. The molecule has 0 amide bonds. The van der Waals surface area contributed by atoms with E-state index in [1.54, 1.807) is 11.3 Å². The van der Waals surface area contributed by atoms with Gasteiger partial charge >= 0.3 is 0 Å². The number of hydrogen-bond acceptors (Lipinski definition) is 4. The fraction of sp³-hybridized carbons (Fsp3) is 0.786. The van der Waals surface area contributed by atoms with Crippen molar-refractivity contribution in [1.82, 2.24) is 15.2 Å². The summed E-state index contributed by atoms with van der Waals surface area (Å²) in [6, 6.07) is 0.598. The molecule has 0 bridgehead atoms. The van der Waals surface area contributed by atoms with Crippen LogP contribution < -0.4 is 5.32 Å². The molecular weight excluding hydrogens is 242 g/mol. The van der Waals surface area contributed by atoms with Crippen LogP contribution in [0.4, 0.5) is 0 Å². The van der Waals surface area contributed by atoms with Crippen molar-refractivity contribution in [3.8, 4) is 0 Å². The molecule has 0 saturated carbocycles. The van der Waals surface area contributed by atoms with Crippen molar-refractivity contribution in [2.24, 2.45) is 0 Å². The number of nitrogens with one attached hydrogen (secondary N) is 1. The van der Waals surface area contributed by atoms with Crippen LogP contribution in [0.5, 0.6) is 0 Å². The lowest BCUT2D eigenvalue weighted by Crippen LogP contribution is -2.62. The number of hydrogen-bond donors (Lipinski definition) is 1. The van der Waals surface area contributed by atoms with Gasteiger partial charge in [-0.25, -0.2) is 4.98 Å². The van der Waals surface area contributed by atoms with Crippen LogP contribution in [0.25, 0.3) is 0 Å². The standard InChI is InChI=1S/C14H25N3S/c1-5-14(6-2)10-17(12(4)7-15-14)8-13-16-11(3)9-18-13/h9,12,15H,5-8,10H2,1-4H3. The van der Waals surface area contributed by atoms with Gasteiger partial charge in [-0.1, -0.05) is 13.8 Å². The average Bonchev–Trinajstić information content (AvgIpc) is 2.78. The van der Waals surface area contributed by atoms with Crippen molar-refractivity contribution in [3.05, 3.63) is 16.1 Å². The van der Waals surface area contributed by atoms with E-state index >= 15 is 0 Å². The summed E-state index contributed by atoms with van der Waals surface area (Å²) in [5.41, 5.74) is 1.45. The molecule has 0 aromatic carbocycles. The average molecular weight is 267 g/mol. The largest absolute Gasteiger partial charge is 0.308 e. The zero-order chi connectivity index (χ0) is 13.2. The van der Waals surface area contributed by atoms with Gasteiger partial charge in [0.1, 0.15) is 5.01 Å². The monoisotopic (exact) mass is 267 g/mol. The molecule has 1 N–H and O–H groups in total. The predicted molar refractivity (Wildman–Crippen MR) is 78.0 cm³/mol. The van der Waals surface area contributed by atoms with Gasteiger partial charge in [0.2, 0.25) is 0 Å². The normalized spacial score (nSPS) is 24.3. The van der Waals surface area contributed by atoms with Crippen LogP contribution in [-0.2, 0) is 6.54 Å². The van der Waals surface area contributed by atoms with Crippen LogP contribution in [0.1, 0.15) is 44.3 Å². The van der Waals surface area contributed by atoms with Gasteiger partial charge in [0.25, 0.3) is 0 Å². The third kappa shape index (κ3) is 2.92. The zero-order valence-electron chi connectivity index (χ0n) is 12.0. The molecule has 1 aromatic heterocycles. The summed E-state index contributed by atoms with van der Waals surface area (Å²) in [5.74, 6) is 0. The van der Waals surface area contributed by atoms with Crippen molar-refractivity contribution >= 4 is 11.3 Å². The molecule has 1 atom stereocenters. The summed E-state index contributed by atoms with van der Waals surface area (Å²) in [6.45, 7) is 12.2. The van der Waals surface area contributed by atoms with Crippen LogP contribution in [0.3, 0.4) is 0 Å². The first-order valence-corrected chi connectivity index (χ1v) is 7.86. The van der Waals surface area contributed by atoms with Crippen LogP contribution in [0.2, 0.25) is 0 Å². The highest BCUT2D eigenvalue weighted by Gasteiger charge is 2.35. The van der Waals surface area contributed by atoms with Crippen LogP contribution in [0, 0.1) is 6.92 Å². The number of nitrogens with zero attached hydrogens (tertiary/aromatic N) is 2. The summed E-state index contributed by atoms with van der Waals surface area (Å²) >= 11 is 1.79. The molecule has 2 rings (SSSR count). The van der Waals surface area contributed by atoms with Crippen molar-refractivity contribution in [1.29, 1.82) is 0 Å². The predicted octanol–water partition coefficient (Wildman–Crippen LogP) is 2.80. The van der Waals surface area contributed by atoms with Crippen LogP contribution >= 0.6 is 11.3 Å². The van der Waals surface area contributed by atoms with Gasteiger partial charge in [-0.05, 0) is 26.7 Å². The highest BCUT2D eigenvalue weighted by Crippen LogP contribution is 2.24. The molecule has 1 aromatic rings. The zero-order valence-corrected chi connectivity index (χ0v) is 12.8. The van der Waals surface area contributed by atoms with E-state index in [0.717, 1.165) is 25.3 Å². The Morgan fingerprint density at radius 3 is 2.78 bits per heavy atom. The maximum Gasteiger partial charge on any atom is 0.107 e. The molecule has 1 fully saturated rings. The second-order valence-electron chi connectivity index (χ2n) is 5.50. The number of thiazole rings is 1. The molecular formula is C14H25N3S. The lowest BCUT2D eigenvalue weighted by atomic mass is 9.89. The van der Waals surface area contributed by atoms with Gasteiger partial charge in [0.05, 0.1) is 6.54 Å². The third-order valence-corrected chi connectivity index (χ3v) is 5.21. The highest BCUT2D eigenvalue weighted by molar-refractivity contribution is 7.09. The van der Waals surface area contributed by atoms with Crippen molar-refractivity contribution in [2.75, 3.05) is 13.1 Å². The van der Waals surface area contributed by atoms with Crippen LogP contribution in [0.15, 0.2) is 5.38 Å². The first-order chi connectivity index (χ1) is 8.58. The van der Waals surface area contributed by atoms with Gasteiger partial charge in [-0.3, -0.25) is 4.90 Å². The van der Waals surface area contributed by atoms with Gasteiger partial charge < -0.3 is 5.32 Å². The third-order valence-electron chi connectivity index (χ3n) is 4.26. The smallest absolute Gasteiger partial charge is 0.107 e. The quantitative estimate of drug-likeness (QED) is 0.909. The summed E-state index contributed by atoms with van der Waals surface area (Å²) < 4.78 is 0. The number of rotatable bonds is 4. The Morgan fingerprint density at radius 1 is 1.50 bits per heavy atom. The first-order valence-electron chi connectivity index (χ1n) is 6.98. The minimum atomic E-state index is 0.304. The van der Waals surface area contributed by atoms with Gasteiger partial charge in [-0.15, -0.1) is 11.3 Å². The molecule has 1 aliphatic heterocycles. The fourth-order valence-corrected chi connectivity index (χ4v) is 3.47. The van der Waals surface area contributed by atoms with E-state index in [-0.39, 0.29) is 0 Å². The lowest BCUT2D eigenvalue weighted by Gasteiger charge is -2.46. The molecule has 18 heavy (non-hydrogen) atoms. The second kappa shape index (κ2) is 5.68. The maximum absolute atomic E-state index is 4.60. The first kappa shape index (κ1) is 14.0. The van der Waals surface area contributed by atoms with E-state index in [9.17, 15) is 0 Å². The Bertz CT molecular complexity index is 384. The molecule has 0 spiro atoms. The van der Waals surface area contributed by atoms with Gasteiger partial charge in [0, 0.05) is 35.7 Å². The molecule has 1 aliphatic rings. The summed E-state index contributed by atoms with van der Waals surface area (Å²) in [4.78, 5) is 7.18. The molecule has 1 unspecified atom stereocenters. The SMILES string of the molecule is CCC1(CC)CN(Cc2nc(C)cs2)C(C)CN1. The minimum absolute atomic E-state index is 0.304. The molecule has 3 nitrogen and oxygen atoms in total. The topological polar surface area (TPSA) is 28.2 Å². The van der Waals surface area contributed by atoms with E-state index in [0.29, 0.717) is 11.6 Å². The summed E-state index contributed by atoms with van der Waals surface area (Å²) in [7, 11) is 0. The molecule has 102 valence electrons. The van der Waals surface area contributed by atoms with Crippen molar-refractivity contribution in [3.63, 3.8) is 0 Å². The number of aryl methyl sites for hydroxylation is 1. The number of aromatic nitrogens is 1. The van der Waals surface area contributed by atoms with Crippen molar-refractivity contribution < 1.29 is 0 Å². The Morgan fingerprint density at radius 2 is 2.22 bits per heavy atom. The van der Waals surface area contributed by atoms with E-state index in [1.807, 2.05) is 0 Å². The Labute approximate surface area is 115 Å². The van der Waals surface area contributed by atoms with E-state index in [1.165, 1.54) is 17.8 Å². The van der Waals surface area contributed by atoms with Gasteiger partial charge in [-0.2, -0.15) is 0 Å². The molecule has 0 aliphatic carbocycles. The molecule has 0 radical (unpaired) electrons. The fourth-order valence-electron chi connectivity index (χ4n) is 2.68. The Balaban J connectivity index is 2.05. The van der Waals surface area contributed by atoms with Crippen LogP contribution in [-0.4, -0.2) is 34.6 Å². The van der Waals surface area contributed by atoms with Crippen molar-refractivity contribution in [2.45, 2.75) is 58.7 Å². The molecule has 2 heterocycles. The summed E-state index contributed by atoms with van der Waals surface area (Å²) in [5, 5.41) is 7.14. The highest BCUT2D eigenvalue weighted by atomic mass is 32.1. The maximum atomic E-state index is 4.60. The van der Waals surface area contributed by atoms with E-state index in [4.69, 9.17) is 0 Å². The van der Waals surface area contributed by atoms with Gasteiger partial charge in [0.15, 0.2) is 0 Å². The molecule has 4 heteroatoms. The van der Waals surface area contributed by atoms with E-state index < -0.39 is 0 Å². The lowest BCUT2D eigenvalue weighted by molar-refractivity contribution is 0.0745. The second-order valence-corrected chi connectivity index (χ2v) is 6.45. The summed E-state index contributed by atoms with van der Waals surface area (Å²) in [6.07, 6.45) is 2.40. The Kier molecular flexibility index (Phi) is 4.41. The van der Waals surface area contributed by atoms with E-state index in [2.05, 4.69) is 48.3 Å². The number of piperazine rings is 1. The Hall–Kier alpha value is -0.450.